The molecule has 0 saturated heterocycles. The van der Waals surface area contributed by atoms with Gasteiger partial charge in [0.25, 0.3) is 5.91 Å². The number of hydrogen-bond donors (Lipinski definition) is 1. The molecule has 0 spiro atoms. The maximum Gasteiger partial charge on any atom is 0.338 e. The third-order valence-corrected chi connectivity index (χ3v) is 6.11. The summed E-state index contributed by atoms with van der Waals surface area (Å²) in [5.41, 5.74) is 0.642. The van der Waals surface area contributed by atoms with Gasteiger partial charge in [-0.1, -0.05) is 6.07 Å². The number of nitrogens with zero attached hydrogens (tertiary/aromatic N) is 1. The number of esters is 1. The average molecular weight is 409 g/mol. The Morgan fingerprint density at radius 1 is 1.11 bits per heavy atom. The molecule has 0 unspecified atom stereocenters. The Bertz CT molecular complexity index is 925. The number of anilines is 1. The second-order valence-corrected chi connectivity index (χ2v) is 8.70. The highest BCUT2D eigenvalue weighted by Gasteiger charge is 2.18. The number of benzene rings is 2. The summed E-state index contributed by atoms with van der Waals surface area (Å²) in [6, 6.07) is 12.7. The van der Waals surface area contributed by atoms with Crippen molar-refractivity contribution in [3.05, 3.63) is 54.1 Å². The molecule has 2 aromatic carbocycles. The highest BCUT2D eigenvalue weighted by atomic mass is 32.2. The van der Waals surface area contributed by atoms with E-state index in [0.29, 0.717) is 11.3 Å². The summed E-state index contributed by atoms with van der Waals surface area (Å²) >= 11 is 1.55. The zero-order valence-corrected chi connectivity index (χ0v) is 16.8. The van der Waals surface area contributed by atoms with Crippen molar-refractivity contribution in [2.45, 2.75) is 9.79 Å². The Morgan fingerprint density at radius 2 is 1.78 bits per heavy atom. The standard InChI is InChI=1S/C18H20N2O5S2/c1-20(2)27(23,24)16-6-4-5-14(11-16)19-17(21)12-25-18(22)13-7-9-15(26-3)10-8-13/h4-11H,12H2,1-3H3,(H,19,21). The van der Waals surface area contributed by atoms with Crippen molar-refractivity contribution in [2.24, 2.45) is 0 Å². The molecule has 2 aromatic rings. The molecule has 0 aliphatic carbocycles. The summed E-state index contributed by atoms with van der Waals surface area (Å²) in [5.74, 6) is -1.18. The normalized spacial score (nSPS) is 11.3. The lowest BCUT2D eigenvalue weighted by Crippen LogP contribution is -2.23. The summed E-state index contributed by atoms with van der Waals surface area (Å²) in [6.07, 6.45) is 1.93. The van der Waals surface area contributed by atoms with Gasteiger partial charge in [-0.25, -0.2) is 17.5 Å². The molecular formula is C18H20N2O5S2. The third kappa shape index (κ3) is 5.56. The summed E-state index contributed by atoms with van der Waals surface area (Å²) in [5, 5.41) is 2.52. The first kappa shape index (κ1) is 20.9. The molecule has 9 heteroatoms. The topological polar surface area (TPSA) is 92.8 Å². The number of rotatable bonds is 7. The van der Waals surface area contributed by atoms with E-state index in [4.69, 9.17) is 4.74 Å². The Morgan fingerprint density at radius 3 is 2.37 bits per heavy atom. The van der Waals surface area contributed by atoms with E-state index < -0.39 is 28.5 Å². The molecule has 0 aromatic heterocycles. The van der Waals surface area contributed by atoms with Gasteiger partial charge in [-0.3, -0.25) is 4.79 Å². The maximum atomic E-state index is 12.1. The van der Waals surface area contributed by atoms with E-state index in [2.05, 4.69) is 5.32 Å². The molecule has 144 valence electrons. The van der Waals surface area contributed by atoms with Gasteiger partial charge in [0, 0.05) is 24.7 Å². The molecule has 0 heterocycles. The van der Waals surface area contributed by atoms with E-state index in [9.17, 15) is 18.0 Å². The summed E-state index contributed by atoms with van der Waals surface area (Å²) < 4.78 is 30.3. The lowest BCUT2D eigenvalue weighted by Gasteiger charge is -2.12. The minimum Gasteiger partial charge on any atom is -0.452 e. The summed E-state index contributed by atoms with van der Waals surface area (Å²) in [7, 11) is -0.763. The quantitative estimate of drug-likeness (QED) is 0.559. The van der Waals surface area contributed by atoms with Crippen LogP contribution in [-0.2, 0) is 19.6 Å². The van der Waals surface area contributed by atoms with Gasteiger partial charge < -0.3 is 10.1 Å². The number of ether oxygens (including phenoxy) is 1. The van der Waals surface area contributed by atoms with Gasteiger partial charge in [0.2, 0.25) is 10.0 Å². The van der Waals surface area contributed by atoms with Crippen LogP contribution in [0, 0.1) is 0 Å². The molecule has 0 saturated carbocycles. The minimum absolute atomic E-state index is 0.0520. The zero-order chi connectivity index (χ0) is 20.0. The largest absolute Gasteiger partial charge is 0.452 e. The first-order chi connectivity index (χ1) is 12.7. The van der Waals surface area contributed by atoms with Gasteiger partial charge in [-0.15, -0.1) is 11.8 Å². The second-order valence-electron chi connectivity index (χ2n) is 5.67. The van der Waals surface area contributed by atoms with Crippen molar-refractivity contribution in [3.63, 3.8) is 0 Å². The molecule has 1 amide bonds. The Kier molecular flexibility index (Phi) is 7.00. The number of carbonyl (C=O) groups is 2. The van der Waals surface area contributed by atoms with Crippen LogP contribution in [0.15, 0.2) is 58.3 Å². The number of sulfonamides is 1. The molecule has 0 aliphatic rings. The van der Waals surface area contributed by atoms with Crippen molar-refractivity contribution in [1.82, 2.24) is 4.31 Å². The van der Waals surface area contributed by atoms with Crippen LogP contribution in [0.25, 0.3) is 0 Å². The Hall–Kier alpha value is -2.36. The molecule has 2 rings (SSSR count). The van der Waals surface area contributed by atoms with Crippen molar-refractivity contribution in [2.75, 3.05) is 32.3 Å². The molecule has 0 fully saturated rings. The first-order valence-electron chi connectivity index (χ1n) is 7.87. The third-order valence-electron chi connectivity index (χ3n) is 3.56. The fourth-order valence-electron chi connectivity index (χ4n) is 2.08. The van der Waals surface area contributed by atoms with Crippen LogP contribution in [0.1, 0.15) is 10.4 Å². The SMILES string of the molecule is CSc1ccc(C(=O)OCC(=O)Nc2cccc(S(=O)(=O)N(C)C)c2)cc1. The van der Waals surface area contributed by atoms with Crippen LogP contribution < -0.4 is 5.32 Å². The molecule has 7 nitrogen and oxygen atoms in total. The van der Waals surface area contributed by atoms with E-state index in [1.54, 1.807) is 42.1 Å². The van der Waals surface area contributed by atoms with Crippen molar-refractivity contribution in [3.8, 4) is 0 Å². The fraction of sp³-hybridized carbons (Fsp3) is 0.222. The Balaban J connectivity index is 1.96. The number of amides is 1. The molecular weight excluding hydrogens is 388 g/mol. The monoisotopic (exact) mass is 408 g/mol. The number of nitrogens with one attached hydrogen (secondary N) is 1. The van der Waals surface area contributed by atoms with Crippen molar-refractivity contribution < 1.29 is 22.7 Å². The van der Waals surface area contributed by atoms with Crippen LogP contribution >= 0.6 is 11.8 Å². The predicted molar refractivity (Wildman–Crippen MR) is 104 cm³/mol. The highest BCUT2D eigenvalue weighted by Crippen LogP contribution is 2.18. The lowest BCUT2D eigenvalue weighted by atomic mass is 10.2. The maximum absolute atomic E-state index is 12.1. The van der Waals surface area contributed by atoms with Gasteiger partial charge in [0.15, 0.2) is 6.61 Å². The number of carbonyl (C=O) groups excluding carboxylic acids is 2. The van der Waals surface area contributed by atoms with Gasteiger partial charge in [-0.05, 0) is 48.7 Å². The van der Waals surface area contributed by atoms with E-state index in [0.717, 1.165) is 9.20 Å². The van der Waals surface area contributed by atoms with Gasteiger partial charge >= 0.3 is 5.97 Å². The van der Waals surface area contributed by atoms with Crippen LogP contribution in [0.5, 0.6) is 0 Å². The van der Waals surface area contributed by atoms with Crippen molar-refractivity contribution >= 4 is 39.3 Å². The highest BCUT2D eigenvalue weighted by molar-refractivity contribution is 7.98. The molecule has 0 radical (unpaired) electrons. The summed E-state index contributed by atoms with van der Waals surface area (Å²) in [4.78, 5) is 25.0. The number of thioether (sulfide) groups is 1. The second kappa shape index (κ2) is 9.03. The van der Waals surface area contributed by atoms with Crippen LogP contribution in [0.3, 0.4) is 0 Å². The molecule has 27 heavy (non-hydrogen) atoms. The van der Waals surface area contributed by atoms with Gasteiger partial charge in [-0.2, -0.15) is 0 Å². The van der Waals surface area contributed by atoms with Gasteiger partial charge in [0.05, 0.1) is 10.5 Å². The minimum atomic E-state index is -3.61. The smallest absolute Gasteiger partial charge is 0.338 e. The van der Waals surface area contributed by atoms with Crippen LogP contribution in [0.4, 0.5) is 5.69 Å². The molecule has 1 N–H and O–H groups in total. The fourth-order valence-corrected chi connectivity index (χ4v) is 3.44. The molecule has 0 atom stereocenters. The Labute approximate surface area is 162 Å². The van der Waals surface area contributed by atoms with Crippen molar-refractivity contribution in [1.29, 1.82) is 0 Å². The van der Waals surface area contributed by atoms with E-state index in [1.807, 2.05) is 6.26 Å². The van der Waals surface area contributed by atoms with Gasteiger partial charge in [0.1, 0.15) is 0 Å². The summed E-state index contributed by atoms with van der Waals surface area (Å²) in [6.45, 7) is -0.478. The van der Waals surface area contributed by atoms with Crippen LogP contribution in [-0.4, -0.2) is 51.6 Å². The van der Waals surface area contributed by atoms with Crippen LogP contribution in [0.2, 0.25) is 0 Å². The van der Waals surface area contributed by atoms with E-state index in [1.165, 1.54) is 32.3 Å². The van der Waals surface area contributed by atoms with E-state index >= 15 is 0 Å². The average Bonchev–Trinajstić information content (AvgIpc) is 2.66. The predicted octanol–water partition coefficient (Wildman–Crippen LogP) is 2.45. The molecule has 0 bridgehead atoms. The zero-order valence-electron chi connectivity index (χ0n) is 15.1. The van der Waals surface area contributed by atoms with E-state index in [-0.39, 0.29) is 4.90 Å². The molecule has 0 aliphatic heterocycles. The lowest BCUT2D eigenvalue weighted by molar-refractivity contribution is -0.119. The number of hydrogen-bond acceptors (Lipinski definition) is 6. The first-order valence-corrected chi connectivity index (χ1v) is 10.5.